The van der Waals surface area contributed by atoms with Crippen molar-refractivity contribution in [3.63, 3.8) is 0 Å². The Morgan fingerprint density at radius 1 is 1.21 bits per heavy atom. The third kappa shape index (κ3) is 5.10. The fourth-order valence-corrected chi connectivity index (χ4v) is 2.97. The van der Waals surface area contributed by atoms with E-state index in [4.69, 9.17) is 10.4 Å². The van der Waals surface area contributed by atoms with Gasteiger partial charge in [0, 0.05) is 6.42 Å². The van der Waals surface area contributed by atoms with Gasteiger partial charge in [0.15, 0.2) is 9.84 Å². The Morgan fingerprint density at radius 2 is 1.84 bits per heavy atom. The number of nitrogens with zero attached hydrogens (tertiary/aromatic N) is 1. The predicted molar refractivity (Wildman–Crippen MR) is 69.3 cm³/mol. The first kappa shape index (κ1) is 15.2. The van der Waals surface area contributed by atoms with Gasteiger partial charge in [0.1, 0.15) is 0 Å². The summed E-state index contributed by atoms with van der Waals surface area (Å²) in [5, 5.41) is 17.0. The molecule has 0 aliphatic carbocycles. The number of carboxylic acids is 1. The molecule has 1 N–H and O–H groups in total. The average molecular weight is 281 g/mol. The summed E-state index contributed by atoms with van der Waals surface area (Å²) in [5.74, 6) is -0.945. The van der Waals surface area contributed by atoms with Crippen LogP contribution in [0, 0.1) is 11.3 Å². The topological polar surface area (TPSA) is 95.2 Å². The molecule has 0 unspecified atom stereocenters. The summed E-state index contributed by atoms with van der Waals surface area (Å²) in [6.45, 7) is 0. The van der Waals surface area contributed by atoms with Gasteiger partial charge in [0.25, 0.3) is 0 Å². The second kappa shape index (κ2) is 6.90. The second-order valence-corrected chi connectivity index (χ2v) is 6.26. The van der Waals surface area contributed by atoms with Crippen LogP contribution in [0.3, 0.4) is 0 Å². The maximum atomic E-state index is 11.9. The molecule has 0 bridgehead atoms. The van der Waals surface area contributed by atoms with E-state index in [2.05, 4.69) is 0 Å². The number of benzene rings is 1. The van der Waals surface area contributed by atoms with Crippen molar-refractivity contribution in [1.82, 2.24) is 0 Å². The molecule has 102 valence electrons. The number of nitriles is 1. The third-order valence-electron chi connectivity index (χ3n) is 2.59. The van der Waals surface area contributed by atoms with Gasteiger partial charge < -0.3 is 5.11 Å². The van der Waals surface area contributed by atoms with Crippen LogP contribution in [0.5, 0.6) is 0 Å². The highest BCUT2D eigenvalue weighted by molar-refractivity contribution is 7.91. The maximum Gasteiger partial charge on any atom is 0.307 e. The Bertz CT molecular complexity index is 570. The summed E-state index contributed by atoms with van der Waals surface area (Å²) in [5.41, 5.74) is 0.566. The van der Waals surface area contributed by atoms with Gasteiger partial charge in [-0.1, -0.05) is 12.1 Å². The molecular formula is C13H15NO4S. The molecule has 0 aromatic heterocycles. The summed E-state index contributed by atoms with van der Waals surface area (Å²) >= 11 is 0. The SMILES string of the molecule is N#CCCCCS(=O)(=O)c1ccc(CC(=O)O)cc1. The lowest BCUT2D eigenvalue weighted by Gasteiger charge is -2.04. The summed E-state index contributed by atoms with van der Waals surface area (Å²) in [4.78, 5) is 10.7. The van der Waals surface area contributed by atoms with Crippen molar-refractivity contribution in [2.75, 3.05) is 5.75 Å². The van der Waals surface area contributed by atoms with E-state index in [0.717, 1.165) is 0 Å². The normalized spacial score (nSPS) is 10.9. The van der Waals surface area contributed by atoms with Crippen molar-refractivity contribution in [2.45, 2.75) is 30.6 Å². The number of aliphatic carboxylic acids is 1. The smallest absolute Gasteiger partial charge is 0.307 e. The Kier molecular flexibility index (Phi) is 5.52. The van der Waals surface area contributed by atoms with E-state index in [1.807, 2.05) is 6.07 Å². The van der Waals surface area contributed by atoms with Gasteiger partial charge in [-0.25, -0.2) is 8.42 Å². The predicted octanol–water partition coefficient (Wildman–Crippen LogP) is 1.78. The minimum absolute atomic E-state index is 0.00690. The highest BCUT2D eigenvalue weighted by Gasteiger charge is 2.14. The molecule has 0 fully saturated rings. The molecule has 0 amide bonds. The molecule has 6 heteroatoms. The molecule has 0 saturated carbocycles. The van der Waals surface area contributed by atoms with Crippen molar-refractivity contribution in [1.29, 1.82) is 5.26 Å². The molecule has 1 aromatic rings. The summed E-state index contributed by atoms with van der Waals surface area (Å²) in [6.07, 6.45) is 1.25. The van der Waals surface area contributed by atoms with Gasteiger partial charge in [0.05, 0.1) is 23.1 Å². The maximum absolute atomic E-state index is 11.9. The quantitative estimate of drug-likeness (QED) is 0.769. The van der Waals surface area contributed by atoms with E-state index in [1.165, 1.54) is 24.3 Å². The lowest BCUT2D eigenvalue weighted by Crippen LogP contribution is -2.07. The van der Waals surface area contributed by atoms with Crippen LogP contribution in [-0.4, -0.2) is 25.2 Å². The highest BCUT2D eigenvalue weighted by Crippen LogP contribution is 2.14. The number of rotatable bonds is 7. The molecule has 1 rings (SSSR count). The van der Waals surface area contributed by atoms with Gasteiger partial charge >= 0.3 is 5.97 Å². The molecule has 1 aromatic carbocycles. The number of sulfone groups is 1. The Balaban J connectivity index is 2.68. The van der Waals surface area contributed by atoms with Crippen molar-refractivity contribution >= 4 is 15.8 Å². The molecule has 19 heavy (non-hydrogen) atoms. The number of unbranched alkanes of at least 4 members (excludes halogenated alkanes) is 2. The number of hydrogen-bond acceptors (Lipinski definition) is 4. The van der Waals surface area contributed by atoms with Crippen molar-refractivity contribution < 1.29 is 18.3 Å². The number of hydrogen-bond donors (Lipinski definition) is 1. The Morgan fingerprint density at radius 3 is 2.37 bits per heavy atom. The first-order chi connectivity index (χ1) is 8.95. The summed E-state index contributed by atoms with van der Waals surface area (Å²) < 4.78 is 23.9. The van der Waals surface area contributed by atoms with E-state index >= 15 is 0 Å². The van der Waals surface area contributed by atoms with Crippen LogP contribution in [-0.2, 0) is 21.1 Å². The molecular weight excluding hydrogens is 266 g/mol. The lowest BCUT2D eigenvalue weighted by atomic mass is 10.2. The van der Waals surface area contributed by atoms with Gasteiger partial charge in [-0.05, 0) is 30.5 Å². The molecule has 0 saturated heterocycles. The fraction of sp³-hybridized carbons (Fsp3) is 0.385. The molecule has 0 heterocycles. The third-order valence-corrected chi connectivity index (χ3v) is 4.41. The second-order valence-electron chi connectivity index (χ2n) is 4.15. The van der Waals surface area contributed by atoms with Crippen LogP contribution in [0.25, 0.3) is 0 Å². The fourth-order valence-electron chi connectivity index (χ4n) is 1.60. The minimum atomic E-state index is -3.34. The first-order valence-electron chi connectivity index (χ1n) is 5.86. The monoisotopic (exact) mass is 281 g/mol. The molecule has 0 aliphatic rings. The average Bonchev–Trinajstić information content (AvgIpc) is 2.35. The number of carboxylic acid groups (broad SMARTS) is 1. The van der Waals surface area contributed by atoms with Crippen LogP contribution in [0.1, 0.15) is 24.8 Å². The first-order valence-corrected chi connectivity index (χ1v) is 7.51. The van der Waals surface area contributed by atoms with Gasteiger partial charge in [-0.3, -0.25) is 4.79 Å². The van der Waals surface area contributed by atoms with E-state index in [9.17, 15) is 13.2 Å². The van der Waals surface area contributed by atoms with Crippen molar-refractivity contribution in [3.05, 3.63) is 29.8 Å². The van der Waals surface area contributed by atoms with E-state index in [1.54, 1.807) is 0 Å². The molecule has 0 spiro atoms. The molecule has 0 aliphatic heterocycles. The van der Waals surface area contributed by atoms with E-state index in [0.29, 0.717) is 24.8 Å². The standard InChI is InChI=1S/C13H15NO4S/c14-8-2-1-3-9-19(17,18)12-6-4-11(5-7-12)10-13(15)16/h4-7H,1-3,9-10H2,(H,15,16). The van der Waals surface area contributed by atoms with E-state index < -0.39 is 15.8 Å². The molecule has 5 nitrogen and oxygen atoms in total. The van der Waals surface area contributed by atoms with Crippen molar-refractivity contribution in [3.8, 4) is 6.07 Å². The molecule has 0 atom stereocenters. The molecule has 0 radical (unpaired) electrons. The highest BCUT2D eigenvalue weighted by atomic mass is 32.2. The van der Waals surface area contributed by atoms with Gasteiger partial charge in [-0.15, -0.1) is 0 Å². The van der Waals surface area contributed by atoms with Crippen LogP contribution in [0.2, 0.25) is 0 Å². The Labute approximate surface area is 112 Å². The zero-order chi connectivity index (χ0) is 14.3. The van der Waals surface area contributed by atoms with Gasteiger partial charge in [0.2, 0.25) is 0 Å². The van der Waals surface area contributed by atoms with Crippen molar-refractivity contribution in [2.24, 2.45) is 0 Å². The lowest BCUT2D eigenvalue weighted by molar-refractivity contribution is -0.136. The van der Waals surface area contributed by atoms with E-state index in [-0.39, 0.29) is 17.1 Å². The van der Waals surface area contributed by atoms with Crippen LogP contribution >= 0.6 is 0 Å². The minimum Gasteiger partial charge on any atom is -0.481 e. The summed E-state index contributed by atoms with van der Waals surface area (Å²) in [7, 11) is -3.34. The number of carbonyl (C=O) groups is 1. The zero-order valence-corrected chi connectivity index (χ0v) is 11.2. The largest absolute Gasteiger partial charge is 0.481 e. The van der Waals surface area contributed by atoms with Crippen LogP contribution in [0.15, 0.2) is 29.2 Å². The zero-order valence-electron chi connectivity index (χ0n) is 10.4. The van der Waals surface area contributed by atoms with Gasteiger partial charge in [-0.2, -0.15) is 5.26 Å². The summed E-state index contributed by atoms with van der Waals surface area (Å²) in [6, 6.07) is 7.85. The Hall–Kier alpha value is -1.87. The van der Waals surface area contributed by atoms with Crippen LogP contribution < -0.4 is 0 Å². The van der Waals surface area contributed by atoms with Crippen LogP contribution in [0.4, 0.5) is 0 Å².